The van der Waals surface area contributed by atoms with Gasteiger partial charge in [0, 0.05) is 13.0 Å². The molecule has 0 aliphatic rings. The van der Waals surface area contributed by atoms with Crippen LogP contribution in [0.1, 0.15) is 16.2 Å². The lowest BCUT2D eigenvalue weighted by molar-refractivity contribution is 0.0735. The minimum absolute atomic E-state index is 0.299. The van der Waals surface area contributed by atoms with E-state index in [1.807, 2.05) is 0 Å². The van der Waals surface area contributed by atoms with E-state index in [0.29, 0.717) is 38.3 Å². The first kappa shape index (κ1) is 13.9. The molecule has 0 aliphatic heterocycles. The zero-order chi connectivity index (χ0) is 15.0. The molecule has 6 heteroatoms. The second-order valence-electron chi connectivity index (χ2n) is 4.38. The summed E-state index contributed by atoms with van der Waals surface area (Å²) in [7, 11) is 0. The average Bonchev–Trinajstić information content (AvgIpc) is 2.81. The van der Waals surface area contributed by atoms with E-state index in [2.05, 4.69) is 4.98 Å². The minimum atomic E-state index is -0.524. The van der Waals surface area contributed by atoms with E-state index in [0.717, 1.165) is 0 Å². The van der Waals surface area contributed by atoms with E-state index in [4.69, 9.17) is 32.4 Å². The first-order valence-corrected chi connectivity index (χ1v) is 6.83. The second kappa shape index (κ2) is 5.39. The first-order valence-electron chi connectivity index (χ1n) is 6.07. The van der Waals surface area contributed by atoms with Gasteiger partial charge in [-0.1, -0.05) is 23.2 Å². The van der Waals surface area contributed by atoms with Crippen molar-refractivity contribution >= 4 is 40.3 Å². The van der Waals surface area contributed by atoms with E-state index < -0.39 is 5.97 Å². The molecule has 0 amide bonds. The molecule has 2 aromatic carbocycles. The normalized spacial score (nSPS) is 10.8. The Kier molecular flexibility index (Phi) is 3.57. The first-order chi connectivity index (χ1) is 10.0. The van der Waals surface area contributed by atoms with Crippen LogP contribution in [-0.4, -0.2) is 11.0 Å². The monoisotopic (exact) mass is 321 g/mol. The SMILES string of the molecule is Cc1nc2ccc(OC(=O)c3ccc(Cl)c(Cl)c3)cc2o1. The Labute approximate surface area is 130 Å². The summed E-state index contributed by atoms with van der Waals surface area (Å²) in [5.74, 6) is 0.400. The molecular formula is C15H9Cl2NO3. The van der Waals surface area contributed by atoms with Crippen LogP contribution in [0.5, 0.6) is 5.75 Å². The molecule has 0 saturated heterocycles. The number of rotatable bonds is 2. The van der Waals surface area contributed by atoms with Crippen LogP contribution in [0.2, 0.25) is 10.0 Å². The van der Waals surface area contributed by atoms with Gasteiger partial charge in [-0.25, -0.2) is 9.78 Å². The standard InChI is InChI=1S/C15H9Cl2NO3/c1-8-18-13-5-3-10(7-14(13)20-8)21-15(19)9-2-4-11(16)12(17)6-9/h2-7H,1H3. The van der Waals surface area contributed by atoms with Gasteiger partial charge in [0.15, 0.2) is 11.5 Å². The highest BCUT2D eigenvalue weighted by Crippen LogP contribution is 2.25. The lowest BCUT2D eigenvalue weighted by Crippen LogP contribution is -2.08. The van der Waals surface area contributed by atoms with Gasteiger partial charge >= 0.3 is 5.97 Å². The molecule has 0 unspecified atom stereocenters. The lowest BCUT2D eigenvalue weighted by atomic mass is 10.2. The van der Waals surface area contributed by atoms with Crippen LogP contribution in [0.25, 0.3) is 11.1 Å². The van der Waals surface area contributed by atoms with Gasteiger partial charge in [-0.3, -0.25) is 0 Å². The number of nitrogens with zero attached hydrogens (tertiary/aromatic N) is 1. The maximum absolute atomic E-state index is 12.0. The van der Waals surface area contributed by atoms with E-state index in [-0.39, 0.29) is 0 Å². The van der Waals surface area contributed by atoms with Crippen molar-refractivity contribution in [2.75, 3.05) is 0 Å². The van der Waals surface area contributed by atoms with Crippen molar-refractivity contribution in [1.29, 1.82) is 0 Å². The van der Waals surface area contributed by atoms with Crippen molar-refractivity contribution in [3.8, 4) is 5.75 Å². The molecule has 0 bridgehead atoms. The zero-order valence-electron chi connectivity index (χ0n) is 10.9. The lowest BCUT2D eigenvalue weighted by Gasteiger charge is -2.05. The fourth-order valence-electron chi connectivity index (χ4n) is 1.87. The number of carbonyl (C=O) groups excluding carboxylic acids is 1. The number of hydrogen-bond acceptors (Lipinski definition) is 4. The van der Waals surface area contributed by atoms with E-state index in [1.165, 1.54) is 6.07 Å². The van der Waals surface area contributed by atoms with Gasteiger partial charge in [0.1, 0.15) is 11.3 Å². The third-order valence-electron chi connectivity index (χ3n) is 2.83. The number of carbonyl (C=O) groups is 1. The molecule has 21 heavy (non-hydrogen) atoms. The molecule has 0 atom stereocenters. The zero-order valence-corrected chi connectivity index (χ0v) is 12.4. The van der Waals surface area contributed by atoms with E-state index in [9.17, 15) is 4.79 Å². The molecule has 3 rings (SSSR count). The van der Waals surface area contributed by atoms with Crippen LogP contribution < -0.4 is 4.74 Å². The molecule has 0 fully saturated rings. The van der Waals surface area contributed by atoms with E-state index >= 15 is 0 Å². The summed E-state index contributed by atoms with van der Waals surface area (Å²) in [6, 6.07) is 9.55. The predicted molar refractivity (Wildman–Crippen MR) is 80.2 cm³/mol. The molecule has 3 aromatic rings. The van der Waals surface area contributed by atoms with Gasteiger partial charge in [-0.2, -0.15) is 0 Å². The third kappa shape index (κ3) is 2.86. The highest BCUT2D eigenvalue weighted by molar-refractivity contribution is 6.42. The smallest absolute Gasteiger partial charge is 0.343 e. The molecule has 0 N–H and O–H groups in total. The fraction of sp³-hybridized carbons (Fsp3) is 0.0667. The number of ether oxygens (including phenoxy) is 1. The second-order valence-corrected chi connectivity index (χ2v) is 5.20. The molecule has 0 spiro atoms. The van der Waals surface area contributed by atoms with Crippen molar-refractivity contribution in [2.24, 2.45) is 0 Å². The molecule has 106 valence electrons. The topological polar surface area (TPSA) is 52.3 Å². The summed E-state index contributed by atoms with van der Waals surface area (Å²) in [6.07, 6.45) is 0. The van der Waals surface area contributed by atoms with Crippen LogP contribution in [0, 0.1) is 6.92 Å². The van der Waals surface area contributed by atoms with Gasteiger partial charge in [0.05, 0.1) is 15.6 Å². The summed E-state index contributed by atoms with van der Waals surface area (Å²) in [5.41, 5.74) is 1.59. The highest BCUT2D eigenvalue weighted by Gasteiger charge is 2.12. The van der Waals surface area contributed by atoms with Gasteiger partial charge < -0.3 is 9.15 Å². The molecule has 4 nitrogen and oxygen atoms in total. The Bertz CT molecular complexity index is 842. The number of aryl methyl sites for hydroxylation is 1. The molecule has 0 aliphatic carbocycles. The Morgan fingerprint density at radius 1 is 1.14 bits per heavy atom. The minimum Gasteiger partial charge on any atom is -0.441 e. The number of halogens is 2. The van der Waals surface area contributed by atoms with Gasteiger partial charge in [-0.05, 0) is 30.3 Å². The Morgan fingerprint density at radius 2 is 1.95 bits per heavy atom. The van der Waals surface area contributed by atoms with Crippen molar-refractivity contribution < 1.29 is 13.9 Å². The highest BCUT2D eigenvalue weighted by atomic mass is 35.5. The Balaban J connectivity index is 1.86. The third-order valence-corrected chi connectivity index (χ3v) is 3.57. The number of benzene rings is 2. The number of fused-ring (bicyclic) bond motifs is 1. The largest absolute Gasteiger partial charge is 0.441 e. The summed E-state index contributed by atoms with van der Waals surface area (Å²) in [5, 5.41) is 0.680. The Hall–Kier alpha value is -2.04. The van der Waals surface area contributed by atoms with Gasteiger partial charge in [0.25, 0.3) is 0 Å². The van der Waals surface area contributed by atoms with Crippen molar-refractivity contribution in [3.63, 3.8) is 0 Å². The van der Waals surface area contributed by atoms with Crippen molar-refractivity contribution in [3.05, 3.63) is 57.9 Å². The number of hydrogen-bond donors (Lipinski definition) is 0. The average molecular weight is 322 g/mol. The summed E-state index contributed by atoms with van der Waals surface area (Å²) >= 11 is 11.7. The van der Waals surface area contributed by atoms with Gasteiger partial charge in [-0.15, -0.1) is 0 Å². The number of oxazole rings is 1. The summed E-state index contributed by atoms with van der Waals surface area (Å²) < 4.78 is 10.7. The number of aromatic nitrogens is 1. The fourth-order valence-corrected chi connectivity index (χ4v) is 2.17. The molecular weight excluding hydrogens is 313 g/mol. The maximum atomic E-state index is 12.0. The van der Waals surface area contributed by atoms with Crippen LogP contribution in [0.3, 0.4) is 0 Å². The molecule has 0 radical (unpaired) electrons. The molecule has 0 saturated carbocycles. The van der Waals surface area contributed by atoms with Gasteiger partial charge in [0.2, 0.25) is 0 Å². The van der Waals surface area contributed by atoms with Crippen LogP contribution in [-0.2, 0) is 0 Å². The Morgan fingerprint density at radius 3 is 2.71 bits per heavy atom. The quantitative estimate of drug-likeness (QED) is 0.508. The summed E-state index contributed by atoms with van der Waals surface area (Å²) in [4.78, 5) is 16.2. The van der Waals surface area contributed by atoms with E-state index in [1.54, 1.807) is 37.3 Å². The van der Waals surface area contributed by atoms with Crippen LogP contribution in [0.15, 0.2) is 40.8 Å². The number of esters is 1. The molecule has 1 aromatic heterocycles. The van der Waals surface area contributed by atoms with Crippen LogP contribution >= 0.6 is 23.2 Å². The summed E-state index contributed by atoms with van der Waals surface area (Å²) in [6.45, 7) is 1.75. The maximum Gasteiger partial charge on any atom is 0.343 e. The van der Waals surface area contributed by atoms with Crippen molar-refractivity contribution in [2.45, 2.75) is 6.92 Å². The predicted octanol–water partition coefficient (Wildman–Crippen LogP) is 4.66. The van der Waals surface area contributed by atoms with Crippen molar-refractivity contribution in [1.82, 2.24) is 4.98 Å². The van der Waals surface area contributed by atoms with Crippen LogP contribution in [0.4, 0.5) is 0 Å². The molecule has 1 heterocycles.